The first kappa shape index (κ1) is 18.7. The van der Waals surface area contributed by atoms with Crippen LogP contribution in [-0.4, -0.2) is 18.5 Å². The van der Waals surface area contributed by atoms with Crippen LogP contribution in [0.3, 0.4) is 0 Å². The molecule has 5 heteroatoms. The van der Waals surface area contributed by atoms with E-state index in [4.69, 9.17) is 5.73 Å². The highest BCUT2D eigenvalue weighted by molar-refractivity contribution is 5.78. The Morgan fingerprint density at radius 1 is 1.00 bits per heavy atom. The molecule has 0 aliphatic rings. The van der Waals surface area contributed by atoms with E-state index >= 15 is 0 Å². The maximum Gasteiger partial charge on any atom is 0.329 e. The molecule has 0 aromatic carbocycles. The highest BCUT2D eigenvalue weighted by atomic mass is 16.7. The maximum atomic E-state index is 10.5. The zero-order valence-electron chi connectivity index (χ0n) is 13.1. The van der Waals surface area contributed by atoms with Gasteiger partial charge in [-0.3, -0.25) is 9.79 Å². The van der Waals surface area contributed by atoms with Gasteiger partial charge in [-0.15, -0.1) is 0 Å². The Bertz CT molecular complexity index is 268. The summed E-state index contributed by atoms with van der Waals surface area (Å²) in [5.74, 6) is -0.266. The number of hydrogen-bond donors (Lipinski definition) is 2. The summed E-state index contributed by atoms with van der Waals surface area (Å²) >= 11 is 0. The van der Waals surface area contributed by atoms with E-state index in [-0.39, 0.29) is 5.96 Å². The van der Waals surface area contributed by atoms with Crippen molar-refractivity contribution in [2.75, 3.05) is 6.54 Å². The van der Waals surface area contributed by atoms with Gasteiger partial charge >= 0.3 is 5.97 Å². The average Bonchev–Trinajstić information content (AvgIpc) is 2.42. The smallest absolute Gasteiger partial charge is 0.329 e. The van der Waals surface area contributed by atoms with Gasteiger partial charge in [0.05, 0.1) is 0 Å². The lowest BCUT2D eigenvalue weighted by atomic mass is 10.1. The molecule has 0 fully saturated rings. The molecule has 118 valence electrons. The quantitative estimate of drug-likeness (QED) is 0.264. The molecule has 0 atom stereocenters. The van der Waals surface area contributed by atoms with Crippen molar-refractivity contribution >= 4 is 11.9 Å². The van der Waals surface area contributed by atoms with Crippen LogP contribution in [0, 0.1) is 0 Å². The lowest BCUT2D eigenvalue weighted by Crippen LogP contribution is -2.33. The maximum absolute atomic E-state index is 10.5. The highest BCUT2D eigenvalue weighted by Gasteiger charge is 1.95. The standard InChI is InChI=1S/C15H31N3O2/c1-3-4-5-6-7-8-9-10-11-12-13-17-15(16)18-20-14(2)19/h3-13H2,1-2H3,(H3,16,17,18). The molecule has 0 radical (unpaired) electrons. The number of unbranched alkanes of at least 4 members (excludes halogenated alkanes) is 9. The van der Waals surface area contributed by atoms with E-state index in [2.05, 4.69) is 22.2 Å². The van der Waals surface area contributed by atoms with Crippen molar-refractivity contribution in [1.29, 1.82) is 0 Å². The fraction of sp³-hybridized carbons (Fsp3) is 0.867. The number of hydrogen-bond acceptors (Lipinski definition) is 3. The molecule has 0 aromatic heterocycles. The predicted octanol–water partition coefficient (Wildman–Crippen LogP) is 3.29. The molecule has 0 saturated heterocycles. The second kappa shape index (κ2) is 14.2. The van der Waals surface area contributed by atoms with E-state index in [9.17, 15) is 4.79 Å². The third-order valence-corrected chi connectivity index (χ3v) is 3.09. The molecule has 0 saturated carbocycles. The Morgan fingerprint density at radius 2 is 1.50 bits per heavy atom. The highest BCUT2D eigenvalue weighted by Crippen LogP contribution is 2.10. The predicted molar refractivity (Wildman–Crippen MR) is 83.2 cm³/mol. The Hall–Kier alpha value is -1.26. The van der Waals surface area contributed by atoms with Crippen LogP contribution >= 0.6 is 0 Å². The molecule has 0 aliphatic carbocycles. The first-order valence-corrected chi connectivity index (χ1v) is 7.90. The molecule has 0 aromatic rings. The molecular formula is C15H31N3O2. The SMILES string of the molecule is CCCCCCCCCCCCN=C(N)NOC(C)=O. The van der Waals surface area contributed by atoms with Gasteiger partial charge in [-0.25, -0.2) is 0 Å². The monoisotopic (exact) mass is 285 g/mol. The minimum absolute atomic E-state index is 0.163. The van der Waals surface area contributed by atoms with Gasteiger partial charge in [-0.1, -0.05) is 64.7 Å². The van der Waals surface area contributed by atoms with Crippen LogP contribution in [0.5, 0.6) is 0 Å². The molecule has 0 bridgehead atoms. The number of aliphatic imine (C=N–C) groups is 1. The summed E-state index contributed by atoms with van der Waals surface area (Å²) in [5, 5.41) is 0. The normalized spacial score (nSPS) is 11.4. The molecule has 0 unspecified atom stereocenters. The van der Waals surface area contributed by atoms with Gasteiger partial charge in [0.25, 0.3) is 0 Å². The largest absolute Gasteiger partial charge is 0.368 e. The van der Waals surface area contributed by atoms with Gasteiger partial charge < -0.3 is 10.6 Å². The van der Waals surface area contributed by atoms with Crippen LogP contribution in [-0.2, 0) is 9.63 Å². The number of carbonyl (C=O) groups excluding carboxylic acids is 1. The number of nitrogens with one attached hydrogen (secondary N) is 1. The van der Waals surface area contributed by atoms with Crippen LogP contribution in [0.25, 0.3) is 0 Å². The third-order valence-electron chi connectivity index (χ3n) is 3.09. The number of hydroxylamine groups is 1. The minimum atomic E-state index is -0.429. The van der Waals surface area contributed by atoms with E-state index in [0.29, 0.717) is 6.54 Å². The molecule has 0 heterocycles. The summed E-state index contributed by atoms with van der Waals surface area (Å²) in [4.78, 5) is 19.1. The summed E-state index contributed by atoms with van der Waals surface area (Å²) in [5.41, 5.74) is 7.80. The van der Waals surface area contributed by atoms with Crippen LogP contribution < -0.4 is 11.2 Å². The Kier molecular flexibility index (Phi) is 13.3. The molecule has 5 nitrogen and oxygen atoms in total. The second-order valence-electron chi connectivity index (χ2n) is 5.14. The average molecular weight is 285 g/mol. The van der Waals surface area contributed by atoms with E-state index in [1.165, 1.54) is 64.7 Å². The number of nitrogens with two attached hydrogens (primary N) is 1. The Morgan fingerprint density at radius 3 is 2.00 bits per heavy atom. The van der Waals surface area contributed by atoms with Crippen LogP contribution in [0.2, 0.25) is 0 Å². The molecular weight excluding hydrogens is 254 g/mol. The minimum Gasteiger partial charge on any atom is -0.368 e. The molecule has 0 rings (SSSR count). The summed E-state index contributed by atoms with van der Waals surface area (Å²) in [6.45, 7) is 4.23. The summed E-state index contributed by atoms with van der Waals surface area (Å²) in [6.07, 6.45) is 13.0. The molecule has 0 spiro atoms. The van der Waals surface area contributed by atoms with Crippen LogP contribution in [0.1, 0.15) is 78.1 Å². The van der Waals surface area contributed by atoms with Crippen molar-refractivity contribution in [1.82, 2.24) is 5.48 Å². The topological polar surface area (TPSA) is 76.7 Å². The van der Waals surface area contributed by atoms with Crippen molar-refractivity contribution in [3.63, 3.8) is 0 Å². The number of nitrogens with zero attached hydrogens (tertiary/aromatic N) is 1. The second-order valence-corrected chi connectivity index (χ2v) is 5.14. The van der Waals surface area contributed by atoms with E-state index in [1.807, 2.05) is 0 Å². The van der Waals surface area contributed by atoms with Crippen molar-refractivity contribution < 1.29 is 9.63 Å². The summed E-state index contributed by atoms with van der Waals surface area (Å²) in [6, 6.07) is 0. The number of carbonyl (C=O) groups is 1. The number of guanidine groups is 1. The van der Waals surface area contributed by atoms with Crippen molar-refractivity contribution in [2.24, 2.45) is 10.7 Å². The lowest BCUT2D eigenvalue weighted by molar-refractivity contribution is -0.145. The molecule has 3 N–H and O–H groups in total. The van der Waals surface area contributed by atoms with Gasteiger partial charge in [0.15, 0.2) is 0 Å². The van der Waals surface area contributed by atoms with Crippen LogP contribution in [0.4, 0.5) is 0 Å². The third kappa shape index (κ3) is 14.8. The molecule has 0 aliphatic heterocycles. The first-order chi connectivity index (χ1) is 9.66. The van der Waals surface area contributed by atoms with Gasteiger partial charge in [0.2, 0.25) is 5.96 Å². The Labute approximate surface area is 123 Å². The fourth-order valence-electron chi connectivity index (χ4n) is 1.96. The van der Waals surface area contributed by atoms with Gasteiger partial charge in [-0.05, 0) is 6.42 Å². The van der Waals surface area contributed by atoms with Crippen molar-refractivity contribution in [3.8, 4) is 0 Å². The van der Waals surface area contributed by atoms with Gasteiger partial charge in [0, 0.05) is 13.5 Å². The molecule has 20 heavy (non-hydrogen) atoms. The van der Waals surface area contributed by atoms with Crippen LogP contribution in [0.15, 0.2) is 4.99 Å². The first-order valence-electron chi connectivity index (χ1n) is 7.90. The summed E-state index contributed by atoms with van der Waals surface area (Å²) in [7, 11) is 0. The lowest BCUT2D eigenvalue weighted by Gasteiger charge is -2.03. The van der Waals surface area contributed by atoms with E-state index < -0.39 is 5.97 Å². The van der Waals surface area contributed by atoms with E-state index in [1.54, 1.807) is 0 Å². The van der Waals surface area contributed by atoms with Crippen molar-refractivity contribution in [2.45, 2.75) is 78.1 Å². The summed E-state index contributed by atoms with van der Waals surface area (Å²) < 4.78 is 0. The molecule has 0 amide bonds. The number of rotatable bonds is 11. The zero-order valence-corrected chi connectivity index (χ0v) is 13.1. The zero-order chi connectivity index (χ0) is 15.1. The van der Waals surface area contributed by atoms with Gasteiger partial charge in [-0.2, -0.15) is 5.48 Å². The van der Waals surface area contributed by atoms with Crippen molar-refractivity contribution in [3.05, 3.63) is 0 Å². The van der Waals surface area contributed by atoms with E-state index in [0.717, 1.165) is 6.42 Å². The fourth-order valence-corrected chi connectivity index (χ4v) is 1.96. The van der Waals surface area contributed by atoms with Gasteiger partial charge in [0.1, 0.15) is 0 Å². The Balaban J connectivity index is 3.23.